The molecule has 0 saturated carbocycles. The Kier molecular flexibility index (Phi) is 5.20. The minimum absolute atomic E-state index is 0.231. The van der Waals surface area contributed by atoms with E-state index in [9.17, 15) is 0 Å². The van der Waals surface area contributed by atoms with Gasteiger partial charge in [0.2, 0.25) is 0 Å². The van der Waals surface area contributed by atoms with Crippen LogP contribution in [0.15, 0.2) is 42.1 Å². The Morgan fingerprint density at radius 2 is 2.11 bits per heavy atom. The van der Waals surface area contributed by atoms with Crippen LogP contribution >= 0.6 is 39.1 Å². The van der Waals surface area contributed by atoms with E-state index in [1.165, 1.54) is 5.57 Å². The Hall–Kier alpha value is -0.640. The first-order chi connectivity index (χ1) is 9.08. The molecule has 1 aliphatic rings. The van der Waals surface area contributed by atoms with Crippen molar-refractivity contribution in [1.82, 2.24) is 4.90 Å². The molecule has 1 aromatic carbocycles. The average molecular weight is 363 g/mol. The van der Waals surface area contributed by atoms with Gasteiger partial charge >= 0.3 is 0 Å². The van der Waals surface area contributed by atoms with Crippen LogP contribution in [0.2, 0.25) is 10.0 Å². The van der Waals surface area contributed by atoms with Gasteiger partial charge in [0.25, 0.3) is 0 Å². The zero-order valence-corrected chi connectivity index (χ0v) is 13.5. The third-order valence-electron chi connectivity index (χ3n) is 2.81. The fourth-order valence-corrected chi connectivity index (χ4v) is 2.53. The number of halogens is 3. The van der Waals surface area contributed by atoms with Gasteiger partial charge in [0, 0.05) is 12.3 Å². The second kappa shape index (κ2) is 6.69. The lowest BCUT2D eigenvalue weighted by Crippen LogP contribution is -2.32. The lowest BCUT2D eigenvalue weighted by Gasteiger charge is -2.29. The van der Waals surface area contributed by atoms with Gasteiger partial charge in [-0.1, -0.05) is 45.2 Å². The molecule has 1 heterocycles. The van der Waals surface area contributed by atoms with Crippen LogP contribution in [0.1, 0.15) is 6.92 Å². The molecule has 0 bridgehead atoms. The van der Waals surface area contributed by atoms with Crippen LogP contribution < -0.4 is 4.74 Å². The zero-order valence-electron chi connectivity index (χ0n) is 10.4. The molecule has 2 nitrogen and oxygen atoms in total. The molecule has 5 heteroatoms. The summed E-state index contributed by atoms with van der Waals surface area (Å²) in [6, 6.07) is 5.28. The van der Waals surface area contributed by atoms with E-state index in [4.69, 9.17) is 27.9 Å². The maximum absolute atomic E-state index is 5.94. The van der Waals surface area contributed by atoms with E-state index in [0.29, 0.717) is 16.7 Å². The van der Waals surface area contributed by atoms with Crippen LogP contribution in [0, 0.1) is 0 Å². The smallest absolute Gasteiger partial charge is 0.120 e. The van der Waals surface area contributed by atoms with Gasteiger partial charge in [-0.2, -0.15) is 0 Å². The topological polar surface area (TPSA) is 12.5 Å². The normalized spacial score (nSPS) is 18.4. The van der Waals surface area contributed by atoms with Crippen molar-refractivity contribution in [2.45, 2.75) is 11.9 Å². The Morgan fingerprint density at radius 1 is 1.32 bits per heavy atom. The Morgan fingerprint density at radius 3 is 2.84 bits per heavy atom. The van der Waals surface area contributed by atoms with Gasteiger partial charge in [-0.05, 0) is 30.7 Å². The Labute approximate surface area is 131 Å². The van der Waals surface area contributed by atoms with Gasteiger partial charge in [0.15, 0.2) is 0 Å². The standard InChI is InChI=1S/C14H14BrCl2NO/c1-10-3-2-6-18(14(10)15)7-8-19-11-4-5-12(16)13(17)9-11/h2-6,9,14H,7-8H2,1H3. The number of hydrogen-bond acceptors (Lipinski definition) is 2. The first kappa shape index (κ1) is 14.8. The number of nitrogens with zero attached hydrogens (tertiary/aromatic N) is 1. The van der Waals surface area contributed by atoms with Crippen molar-refractivity contribution in [2.75, 3.05) is 13.2 Å². The van der Waals surface area contributed by atoms with Gasteiger partial charge < -0.3 is 9.64 Å². The van der Waals surface area contributed by atoms with Gasteiger partial charge in [-0.15, -0.1) is 0 Å². The highest BCUT2D eigenvalue weighted by atomic mass is 79.9. The summed E-state index contributed by atoms with van der Waals surface area (Å²) in [5, 5.41) is 1.04. The average Bonchev–Trinajstić information content (AvgIpc) is 2.39. The molecule has 0 fully saturated rings. The fourth-order valence-electron chi connectivity index (χ4n) is 1.75. The van der Waals surface area contributed by atoms with E-state index >= 15 is 0 Å². The first-order valence-corrected chi connectivity index (χ1v) is 7.58. The largest absolute Gasteiger partial charge is 0.492 e. The number of benzene rings is 1. The molecule has 2 rings (SSSR count). The van der Waals surface area contributed by atoms with E-state index in [-0.39, 0.29) is 4.95 Å². The Balaban J connectivity index is 1.85. The van der Waals surface area contributed by atoms with Crippen LogP contribution in [0.25, 0.3) is 0 Å². The number of ether oxygens (including phenoxy) is 1. The first-order valence-electron chi connectivity index (χ1n) is 5.90. The molecule has 1 atom stereocenters. The molecule has 0 amide bonds. The Bertz CT molecular complexity index is 516. The van der Waals surface area contributed by atoms with Crippen molar-refractivity contribution in [2.24, 2.45) is 0 Å². The predicted octanol–water partition coefficient (Wildman–Crippen LogP) is 4.87. The second-order valence-corrected chi connectivity index (χ2v) is 5.93. The lowest BCUT2D eigenvalue weighted by atomic mass is 10.2. The quantitative estimate of drug-likeness (QED) is 0.559. The maximum Gasteiger partial charge on any atom is 0.120 e. The highest BCUT2D eigenvalue weighted by Crippen LogP contribution is 2.26. The van der Waals surface area contributed by atoms with Crippen molar-refractivity contribution in [3.05, 3.63) is 52.2 Å². The van der Waals surface area contributed by atoms with Crippen LogP contribution in [0.5, 0.6) is 5.75 Å². The molecule has 1 aliphatic heterocycles. The lowest BCUT2D eigenvalue weighted by molar-refractivity contribution is 0.255. The third kappa shape index (κ3) is 3.91. The number of hydrogen-bond donors (Lipinski definition) is 0. The van der Waals surface area contributed by atoms with Crippen molar-refractivity contribution in [1.29, 1.82) is 0 Å². The molecule has 1 aromatic rings. The molecule has 0 N–H and O–H groups in total. The van der Waals surface area contributed by atoms with E-state index in [0.717, 1.165) is 12.3 Å². The van der Waals surface area contributed by atoms with Crippen LogP contribution in [-0.4, -0.2) is 23.0 Å². The third-order valence-corrected chi connectivity index (χ3v) is 4.80. The minimum atomic E-state index is 0.231. The molecule has 19 heavy (non-hydrogen) atoms. The molecule has 0 spiro atoms. The van der Waals surface area contributed by atoms with Crippen molar-refractivity contribution >= 4 is 39.1 Å². The minimum Gasteiger partial charge on any atom is -0.492 e. The molecule has 0 aromatic heterocycles. The summed E-state index contributed by atoms with van der Waals surface area (Å²) in [6.45, 7) is 3.46. The summed E-state index contributed by atoms with van der Waals surface area (Å²) in [6.07, 6.45) is 6.17. The summed E-state index contributed by atoms with van der Waals surface area (Å²) >= 11 is 15.4. The molecule has 0 saturated heterocycles. The summed E-state index contributed by atoms with van der Waals surface area (Å²) in [5.74, 6) is 0.730. The maximum atomic E-state index is 5.94. The molecule has 0 radical (unpaired) electrons. The summed E-state index contributed by atoms with van der Waals surface area (Å²) in [7, 11) is 0. The van der Waals surface area contributed by atoms with Crippen molar-refractivity contribution in [3.63, 3.8) is 0 Å². The van der Waals surface area contributed by atoms with Crippen molar-refractivity contribution in [3.8, 4) is 5.75 Å². The summed E-state index contributed by atoms with van der Waals surface area (Å²) in [4.78, 5) is 2.40. The van der Waals surface area contributed by atoms with Gasteiger partial charge in [-0.25, -0.2) is 0 Å². The summed E-state index contributed by atoms with van der Waals surface area (Å²) in [5.41, 5.74) is 1.28. The highest BCUT2D eigenvalue weighted by Gasteiger charge is 2.15. The molecule has 102 valence electrons. The number of rotatable bonds is 4. The van der Waals surface area contributed by atoms with Gasteiger partial charge in [-0.3, -0.25) is 0 Å². The van der Waals surface area contributed by atoms with Crippen LogP contribution in [0.3, 0.4) is 0 Å². The van der Waals surface area contributed by atoms with E-state index in [1.54, 1.807) is 12.1 Å². The second-order valence-electron chi connectivity index (χ2n) is 4.25. The predicted molar refractivity (Wildman–Crippen MR) is 84.3 cm³/mol. The molecule has 1 unspecified atom stereocenters. The van der Waals surface area contributed by atoms with Crippen LogP contribution in [0.4, 0.5) is 0 Å². The van der Waals surface area contributed by atoms with E-state index < -0.39 is 0 Å². The SMILES string of the molecule is CC1=CC=CN(CCOc2ccc(Cl)c(Cl)c2)C1Br. The van der Waals surface area contributed by atoms with Gasteiger partial charge in [0.05, 0.1) is 16.6 Å². The number of allylic oxidation sites excluding steroid dienone is 2. The monoisotopic (exact) mass is 361 g/mol. The molecule has 0 aliphatic carbocycles. The van der Waals surface area contributed by atoms with E-state index in [1.807, 2.05) is 18.3 Å². The summed E-state index contributed by atoms with van der Waals surface area (Å²) < 4.78 is 5.67. The number of alkyl halides is 1. The molecular weight excluding hydrogens is 349 g/mol. The molecular formula is C14H14BrCl2NO. The van der Waals surface area contributed by atoms with Gasteiger partial charge in [0.1, 0.15) is 17.3 Å². The van der Waals surface area contributed by atoms with E-state index in [2.05, 4.69) is 33.8 Å². The highest BCUT2D eigenvalue weighted by molar-refractivity contribution is 9.09. The van der Waals surface area contributed by atoms with Crippen molar-refractivity contribution < 1.29 is 4.74 Å². The zero-order chi connectivity index (χ0) is 13.8. The van der Waals surface area contributed by atoms with Crippen LogP contribution in [-0.2, 0) is 0 Å². The fraction of sp³-hybridized carbons (Fsp3) is 0.286.